The maximum absolute atomic E-state index is 13.2. The molecule has 19 heavy (non-hydrogen) atoms. The molecule has 0 fully saturated rings. The molecular weight excluding hydrogens is 285 g/mol. The number of hydrogen-bond donors (Lipinski definition) is 1. The fourth-order valence-corrected chi connectivity index (χ4v) is 2.95. The largest absolute Gasteiger partial charge is 0.483 e. The van der Waals surface area contributed by atoms with Gasteiger partial charge in [0.25, 0.3) is 0 Å². The molecule has 0 saturated carbocycles. The van der Waals surface area contributed by atoms with Crippen molar-refractivity contribution in [3.05, 3.63) is 50.9 Å². The predicted molar refractivity (Wildman–Crippen MR) is 77.5 cm³/mol. The van der Waals surface area contributed by atoms with Crippen molar-refractivity contribution in [1.82, 2.24) is 0 Å². The highest BCUT2D eigenvalue weighted by Crippen LogP contribution is 2.32. The van der Waals surface area contributed by atoms with Gasteiger partial charge in [0.2, 0.25) is 0 Å². The molecule has 1 heterocycles. The fourth-order valence-electron chi connectivity index (χ4n) is 1.74. The zero-order chi connectivity index (χ0) is 14.0. The summed E-state index contributed by atoms with van der Waals surface area (Å²) < 4.78 is 19.8. The van der Waals surface area contributed by atoms with Crippen LogP contribution in [-0.2, 0) is 0 Å². The van der Waals surface area contributed by atoms with Crippen molar-refractivity contribution in [2.24, 2.45) is 5.73 Å². The van der Waals surface area contributed by atoms with E-state index >= 15 is 0 Å². The number of rotatable bonds is 4. The standard InChI is InChI=1S/C14H15ClFNOS/c1-8-7-10(3-4-11(8)16)18-14(9(2)17)12-5-6-13(15)19-12/h3-7,9,14H,17H2,1-2H3. The molecule has 0 amide bonds. The normalized spacial score (nSPS) is 14.2. The second kappa shape index (κ2) is 5.90. The molecular formula is C14H15ClFNOS. The summed E-state index contributed by atoms with van der Waals surface area (Å²) in [6, 6.07) is 8.19. The highest BCUT2D eigenvalue weighted by molar-refractivity contribution is 7.16. The Bertz CT molecular complexity index is 570. The smallest absolute Gasteiger partial charge is 0.148 e. The van der Waals surface area contributed by atoms with Crippen molar-refractivity contribution in [1.29, 1.82) is 0 Å². The lowest BCUT2D eigenvalue weighted by atomic mass is 10.1. The van der Waals surface area contributed by atoms with Crippen LogP contribution in [0.3, 0.4) is 0 Å². The first-order valence-corrected chi connectivity index (χ1v) is 7.10. The van der Waals surface area contributed by atoms with Gasteiger partial charge in [0.05, 0.1) is 4.34 Å². The van der Waals surface area contributed by atoms with Crippen molar-refractivity contribution in [3.63, 3.8) is 0 Å². The van der Waals surface area contributed by atoms with Crippen molar-refractivity contribution >= 4 is 22.9 Å². The van der Waals surface area contributed by atoms with Crippen LogP contribution in [0.2, 0.25) is 4.34 Å². The van der Waals surface area contributed by atoms with E-state index in [0.717, 1.165) is 4.88 Å². The van der Waals surface area contributed by atoms with Gasteiger partial charge >= 0.3 is 0 Å². The Balaban J connectivity index is 2.23. The Morgan fingerprint density at radius 2 is 2.05 bits per heavy atom. The van der Waals surface area contributed by atoms with Gasteiger partial charge in [-0.1, -0.05) is 11.6 Å². The number of aryl methyl sites for hydroxylation is 1. The van der Waals surface area contributed by atoms with Crippen molar-refractivity contribution < 1.29 is 9.13 Å². The molecule has 5 heteroatoms. The topological polar surface area (TPSA) is 35.2 Å². The summed E-state index contributed by atoms with van der Waals surface area (Å²) in [4.78, 5) is 0.960. The highest BCUT2D eigenvalue weighted by atomic mass is 35.5. The number of halogens is 2. The van der Waals surface area contributed by atoms with Gasteiger partial charge in [-0.15, -0.1) is 11.3 Å². The van der Waals surface area contributed by atoms with E-state index in [1.165, 1.54) is 17.4 Å². The lowest BCUT2D eigenvalue weighted by Crippen LogP contribution is -2.28. The van der Waals surface area contributed by atoms with E-state index < -0.39 is 0 Å². The second-order valence-corrected chi connectivity index (χ2v) is 6.20. The van der Waals surface area contributed by atoms with Gasteiger partial charge in [0, 0.05) is 10.9 Å². The minimum atomic E-state index is -0.289. The number of thiophene rings is 1. The molecule has 2 rings (SSSR count). The molecule has 1 aromatic carbocycles. The van der Waals surface area contributed by atoms with Crippen LogP contribution in [-0.4, -0.2) is 6.04 Å². The molecule has 2 nitrogen and oxygen atoms in total. The molecule has 0 aliphatic carbocycles. The third-order valence-electron chi connectivity index (χ3n) is 2.74. The van der Waals surface area contributed by atoms with Crippen LogP contribution < -0.4 is 10.5 Å². The van der Waals surface area contributed by atoms with E-state index in [1.807, 2.05) is 19.1 Å². The quantitative estimate of drug-likeness (QED) is 0.912. The Labute approximate surface area is 121 Å². The fraction of sp³-hybridized carbons (Fsp3) is 0.286. The summed E-state index contributed by atoms with van der Waals surface area (Å²) in [7, 11) is 0. The van der Waals surface area contributed by atoms with Crippen LogP contribution in [0.1, 0.15) is 23.5 Å². The predicted octanol–water partition coefficient (Wildman–Crippen LogP) is 4.32. The maximum Gasteiger partial charge on any atom is 0.148 e. The Hall–Kier alpha value is -1.10. The van der Waals surface area contributed by atoms with Crippen molar-refractivity contribution in [3.8, 4) is 5.75 Å². The van der Waals surface area contributed by atoms with E-state index in [1.54, 1.807) is 19.1 Å². The third-order valence-corrected chi connectivity index (χ3v) is 4.04. The molecule has 0 aliphatic heterocycles. The van der Waals surface area contributed by atoms with Crippen LogP contribution in [0.5, 0.6) is 5.75 Å². The van der Waals surface area contributed by atoms with E-state index in [2.05, 4.69) is 0 Å². The van der Waals surface area contributed by atoms with Gasteiger partial charge in [-0.05, 0) is 49.7 Å². The molecule has 2 unspecified atom stereocenters. The van der Waals surface area contributed by atoms with E-state index in [4.69, 9.17) is 22.1 Å². The highest BCUT2D eigenvalue weighted by Gasteiger charge is 2.20. The van der Waals surface area contributed by atoms with Crippen molar-refractivity contribution in [2.45, 2.75) is 26.0 Å². The molecule has 2 atom stereocenters. The van der Waals surface area contributed by atoms with Gasteiger partial charge in [-0.25, -0.2) is 4.39 Å². The van der Waals surface area contributed by atoms with Gasteiger partial charge in [0.1, 0.15) is 17.7 Å². The summed E-state index contributed by atoms with van der Waals surface area (Å²) in [5.41, 5.74) is 6.50. The molecule has 2 aromatic rings. The number of ether oxygens (including phenoxy) is 1. The van der Waals surface area contributed by atoms with Crippen LogP contribution in [0.25, 0.3) is 0 Å². The average Bonchev–Trinajstić information content (AvgIpc) is 2.76. The summed E-state index contributed by atoms with van der Waals surface area (Å²) in [5, 5.41) is 0. The summed E-state index contributed by atoms with van der Waals surface area (Å²) in [6.07, 6.45) is -0.289. The van der Waals surface area contributed by atoms with E-state index in [-0.39, 0.29) is 18.0 Å². The van der Waals surface area contributed by atoms with Gasteiger partial charge in [0.15, 0.2) is 0 Å². The van der Waals surface area contributed by atoms with Gasteiger partial charge in [-0.3, -0.25) is 0 Å². The Morgan fingerprint density at radius 3 is 2.58 bits per heavy atom. The van der Waals surface area contributed by atoms with E-state index in [9.17, 15) is 4.39 Å². The lowest BCUT2D eigenvalue weighted by Gasteiger charge is -2.21. The first-order chi connectivity index (χ1) is 8.97. The molecule has 0 saturated heterocycles. The minimum absolute atomic E-state index is 0.194. The number of nitrogens with two attached hydrogens (primary N) is 1. The minimum Gasteiger partial charge on any atom is -0.483 e. The molecule has 0 radical (unpaired) electrons. The second-order valence-electron chi connectivity index (χ2n) is 4.45. The molecule has 0 aliphatic rings. The Morgan fingerprint density at radius 1 is 1.32 bits per heavy atom. The Kier molecular flexibility index (Phi) is 4.45. The summed E-state index contributed by atoms with van der Waals surface area (Å²) in [5.74, 6) is 0.356. The summed E-state index contributed by atoms with van der Waals surface area (Å²) in [6.45, 7) is 3.57. The van der Waals surface area contributed by atoms with Gasteiger partial charge < -0.3 is 10.5 Å². The first-order valence-electron chi connectivity index (χ1n) is 5.91. The van der Waals surface area contributed by atoms with E-state index in [0.29, 0.717) is 15.6 Å². The monoisotopic (exact) mass is 299 g/mol. The summed E-state index contributed by atoms with van der Waals surface area (Å²) >= 11 is 7.37. The molecule has 102 valence electrons. The first kappa shape index (κ1) is 14.3. The molecule has 0 spiro atoms. The van der Waals surface area contributed by atoms with Crippen LogP contribution >= 0.6 is 22.9 Å². The van der Waals surface area contributed by atoms with Crippen LogP contribution in [0.4, 0.5) is 4.39 Å². The molecule has 1 aromatic heterocycles. The number of benzene rings is 1. The van der Waals surface area contributed by atoms with Crippen molar-refractivity contribution in [2.75, 3.05) is 0 Å². The zero-order valence-corrected chi connectivity index (χ0v) is 12.3. The average molecular weight is 300 g/mol. The molecule has 0 bridgehead atoms. The SMILES string of the molecule is Cc1cc(OC(c2ccc(Cl)s2)C(C)N)ccc1F. The molecule has 2 N–H and O–H groups in total. The maximum atomic E-state index is 13.2. The lowest BCUT2D eigenvalue weighted by molar-refractivity contribution is 0.184. The van der Waals surface area contributed by atoms with Gasteiger partial charge in [-0.2, -0.15) is 0 Å². The zero-order valence-electron chi connectivity index (χ0n) is 10.7. The van der Waals surface area contributed by atoms with Crippen LogP contribution in [0.15, 0.2) is 30.3 Å². The number of hydrogen-bond acceptors (Lipinski definition) is 3. The third kappa shape index (κ3) is 3.47. The van der Waals surface area contributed by atoms with Crippen LogP contribution in [0, 0.1) is 12.7 Å².